The van der Waals surface area contributed by atoms with E-state index in [4.69, 9.17) is 9.47 Å². The number of hydrogen-bond donors (Lipinski definition) is 1. The molecule has 1 heterocycles. The van der Waals surface area contributed by atoms with E-state index >= 15 is 0 Å². The third kappa shape index (κ3) is 5.58. The van der Waals surface area contributed by atoms with Gasteiger partial charge in [0, 0.05) is 23.1 Å². The largest absolute Gasteiger partial charge is 0.490 e. The van der Waals surface area contributed by atoms with Gasteiger partial charge in [-0.1, -0.05) is 12.1 Å². The number of amides is 1. The molecule has 31 heavy (non-hydrogen) atoms. The molecule has 0 bridgehead atoms. The second-order valence-electron chi connectivity index (χ2n) is 6.59. The summed E-state index contributed by atoms with van der Waals surface area (Å²) in [6, 6.07) is 15.0. The van der Waals surface area contributed by atoms with Gasteiger partial charge in [-0.2, -0.15) is 0 Å². The summed E-state index contributed by atoms with van der Waals surface area (Å²) in [7, 11) is -3.40. The van der Waals surface area contributed by atoms with E-state index in [0.29, 0.717) is 41.7 Å². The summed E-state index contributed by atoms with van der Waals surface area (Å²) in [4.78, 5) is 12.6. The van der Waals surface area contributed by atoms with Gasteiger partial charge in [-0.25, -0.2) is 8.42 Å². The molecule has 1 N–H and O–H groups in total. The van der Waals surface area contributed by atoms with Crippen LogP contribution in [0.2, 0.25) is 0 Å². The van der Waals surface area contributed by atoms with E-state index in [9.17, 15) is 13.2 Å². The fourth-order valence-electron chi connectivity index (χ4n) is 2.79. The smallest absolute Gasteiger partial charge is 0.255 e. The Labute approximate surface area is 181 Å². The highest BCUT2D eigenvalue weighted by Gasteiger charge is 2.13. The Balaban J connectivity index is 1.73. The van der Waals surface area contributed by atoms with Gasteiger partial charge in [0.25, 0.3) is 5.91 Å². The first-order chi connectivity index (χ1) is 14.8. The predicted molar refractivity (Wildman–Crippen MR) is 117 cm³/mol. The first-order valence-electron chi connectivity index (χ1n) is 9.67. The molecule has 1 aromatic heterocycles. The minimum absolute atomic E-state index is 0.0816. The third-order valence-electron chi connectivity index (χ3n) is 4.26. The summed E-state index contributed by atoms with van der Waals surface area (Å²) in [6.07, 6.45) is 1.08. The number of sulfone groups is 1. The number of ether oxygens (including phenoxy) is 2. The Bertz CT molecular complexity index is 1160. The molecule has 0 spiro atoms. The van der Waals surface area contributed by atoms with Crippen molar-refractivity contribution in [3.05, 3.63) is 60.2 Å². The van der Waals surface area contributed by atoms with Gasteiger partial charge in [0.05, 0.1) is 18.9 Å². The molecule has 2 aromatic carbocycles. The average molecular weight is 442 g/mol. The fraction of sp³-hybridized carbons (Fsp3) is 0.227. The van der Waals surface area contributed by atoms with Crippen LogP contribution in [0.25, 0.3) is 11.3 Å². The van der Waals surface area contributed by atoms with E-state index in [2.05, 4.69) is 15.5 Å². The fourth-order valence-corrected chi connectivity index (χ4v) is 3.30. The lowest BCUT2D eigenvalue weighted by Crippen LogP contribution is -2.12. The number of anilines is 1. The van der Waals surface area contributed by atoms with Gasteiger partial charge in [-0.3, -0.25) is 4.79 Å². The van der Waals surface area contributed by atoms with Gasteiger partial charge in [0.1, 0.15) is 0 Å². The van der Waals surface area contributed by atoms with Crippen molar-refractivity contribution in [1.29, 1.82) is 0 Å². The van der Waals surface area contributed by atoms with E-state index in [1.54, 1.807) is 48.5 Å². The first kappa shape index (κ1) is 22.2. The maximum atomic E-state index is 12.6. The molecule has 0 fully saturated rings. The second-order valence-corrected chi connectivity index (χ2v) is 8.55. The Morgan fingerprint density at radius 3 is 2.16 bits per heavy atom. The van der Waals surface area contributed by atoms with Crippen molar-refractivity contribution < 1.29 is 22.7 Å². The summed E-state index contributed by atoms with van der Waals surface area (Å²) in [5.74, 6) is 0.825. The Morgan fingerprint density at radius 1 is 0.903 bits per heavy atom. The molecule has 0 aliphatic carbocycles. The summed E-state index contributed by atoms with van der Waals surface area (Å²) in [5.41, 5.74) is 2.31. The van der Waals surface area contributed by atoms with Crippen LogP contribution in [0.5, 0.6) is 11.5 Å². The van der Waals surface area contributed by atoms with Crippen LogP contribution in [0.15, 0.2) is 59.6 Å². The Morgan fingerprint density at radius 2 is 1.58 bits per heavy atom. The van der Waals surface area contributed by atoms with Gasteiger partial charge in [-0.15, -0.1) is 10.2 Å². The highest BCUT2D eigenvalue weighted by atomic mass is 32.2. The normalized spacial score (nSPS) is 11.1. The lowest BCUT2D eigenvalue weighted by molar-refractivity contribution is 0.102. The molecule has 8 nitrogen and oxygen atoms in total. The number of carbonyl (C=O) groups is 1. The van der Waals surface area contributed by atoms with E-state index in [1.807, 2.05) is 13.8 Å². The van der Waals surface area contributed by atoms with Crippen LogP contribution in [0, 0.1) is 0 Å². The Hall–Kier alpha value is -3.46. The molecular weight excluding hydrogens is 418 g/mol. The quantitative estimate of drug-likeness (QED) is 0.569. The first-order valence-corrected chi connectivity index (χ1v) is 11.6. The summed E-state index contributed by atoms with van der Waals surface area (Å²) in [6.45, 7) is 4.70. The van der Waals surface area contributed by atoms with E-state index < -0.39 is 9.84 Å². The van der Waals surface area contributed by atoms with E-state index in [-0.39, 0.29) is 10.9 Å². The number of aromatic nitrogens is 2. The summed E-state index contributed by atoms with van der Waals surface area (Å²) < 4.78 is 34.1. The lowest BCUT2D eigenvalue weighted by atomic mass is 10.1. The van der Waals surface area contributed by atoms with Crippen LogP contribution < -0.4 is 14.8 Å². The molecule has 3 rings (SSSR count). The highest BCUT2D eigenvalue weighted by Crippen LogP contribution is 2.29. The van der Waals surface area contributed by atoms with Crippen molar-refractivity contribution in [2.75, 3.05) is 24.8 Å². The van der Waals surface area contributed by atoms with Gasteiger partial charge in [-0.05, 0) is 56.3 Å². The minimum Gasteiger partial charge on any atom is -0.490 e. The highest BCUT2D eigenvalue weighted by molar-refractivity contribution is 7.90. The third-order valence-corrected chi connectivity index (χ3v) is 5.24. The molecule has 3 aromatic rings. The zero-order valence-corrected chi connectivity index (χ0v) is 18.3. The lowest BCUT2D eigenvalue weighted by Gasteiger charge is -2.12. The molecule has 162 valence electrons. The molecule has 9 heteroatoms. The van der Waals surface area contributed by atoms with Crippen LogP contribution in [0.1, 0.15) is 24.2 Å². The van der Waals surface area contributed by atoms with E-state index in [0.717, 1.165) is 11.8 Å². The molecule has 0 aliphatic rings. The van der Waals surface area contributed by atoms with Crippen molar-refractivity contribution in [3.63, 3.8) is 0 Å². The van der Waals surface area contributed by atoms with Gasteiger partial charge >= 0.3 is 0 Å². The SMILES string of the molecule is CCOc1ccc(C(=O)Nc2ccc(-c3ccc(S(C)(=O)=O)nn3)cc2)cc1OCC. The van der Waals surface area contributed by atoms with Crippen LogP contribution in [-0.4, -0.2) is 44.0 Å². The van der Waals surface area contributed by atoms with Crippen molar-refractivity contribution in [3.8, 4) is 22.8 Å². The van der Waals surface area contributed by atoms with Crippen molar-refractivity contribution >= 4 is 21.4 Å². The maximum absolute atomic E-state index is 12.6. The van der Waals surface area contributed by atoms with Crippen molar-refractivity contribution in [1.82, 2.24) is 10.2 Å². The topological polar surface area (TPSA) is 107 Å². The number of nitrogens with zero attached hydrogens (tertiary/aromatic N) is 2. The molecule has 0 saturated carbocycles. The standard InChI is InChI=1S/C22H23N3O5S/c1-4-29-19-12-8-16(14-20(19)30-5-2)22(26)23-17-9-6-15(7-10-17)18-11-13-21(25-24-18)31(3,27)28/h6-14H,4-5H2,1-3H3,(H,23,26). The molecule has 0 atom stereocenters. The monoisotopic (exact) mass is 441 g/mol. The van der Waals surface area contributed by atoms with Gasteiger partial charge < -0.3 is 14.8 Å². The molecule has 0 unspecified atom stereocenters. The average Bonchev–Trinajstić information content (AvgIpc) is 2.75. The van der Waals surface area contributed by atoms with Crippen LogP contribution >= 0.6 is 0 Å². The zero-order valence-electron chi connectivity index (χ0n) is 17.5. The number of rotatable bonds is 8. The summed E-state index contributed by atoms with van der Waals surface area (Å²) in [5, 5.41) is 10.5. The van der Waals surface area contributed by atoms with Crippen LogP contribution in [0.4, 0.5) is 5.69 Å². The molecule has 0 radical (unpaired) electrons. The Kier molecular flexibility index (Phi) is 6.86. The summed E-state index contributed by atoms with van der Waals surface area (Å²) >= 11 is 0. The minimum atomic E-state index is -3.40. The van der Waals surface area contributed by atoms with Crippen molar-refractivity contribution in [2.45, 2.75) is 18.9 Å². The van der Waals surface area contributed by atoms with E-state index in [1.165, 1.54) is 6.07 Å². The molecular formula is C22H23N3O5S. The number of hydrogen-bond acceptors (Lipinski definition) is 7. The van der Waals surface area contributed by atoms with Crippen LogP contribution in [0.3, 0.4) is 0 Å². The number of carbonyl (C=O) groups excluding carboxylic acids is 1. The molecule has 0 aliphatic heterocycles. The van der Waals surface area contributed by atoms with Crippen molar-refractivity contribution in [2.24, 2.45) is 0 Å². The van der Waals surface area contributed by atoms with Gasteiger partial charge in [0.15, 0.2) is 26.4 Å². The predicted octanol–water partition coefficient (Wildman–Crippen LogP) is 3.60. The number of nitrogens with one attached hydrogen (secondary N) is 1. The maximum Gasteiger partial charge on any atom is 0.255 e. The zero-order chi connectivity index (χ0) is 22.4. The molecule has 0 saturated heterocycles. The van der Waals surface area contributed by atoms with Crippen LogP contribution in [-0.2, 0) is 9.84 Å². The second kappa shape index (κ2) is 9.57. The number of benzene rings is 2. The van der Waals surface area contributed by atoms with Gasteiger partial charge in [0.2, 0.25) is 0 Å². The molecule has 1 amide bonds.